The second-order valence-corrected chi connectivity index (χ2v) is 17.1. The SMILES string of the molecule is N#Cc1cccc2c(-c3cccc(C45CC6CC4CC(c4ccc(-c7cc(-c8ccccc8)nc(-c8cccc9oc%10ccccc%10c89)n7)cc4)(C6)C5)c3)cccc12. The molecule has 4 aliphatic rings. The average molecular weight is 746 g/mol. The predicted octanol–water partition coefficient (Wildman–Crippen LogP) is 13.5. The fourth-order valence-electron chi connectivity index (χ4n) is 11.8. The van der Waals surface area contributed by atoms with Crippen LogP contribution in [0.2, 0.25) is 0 Å². The minimum Gasteiger partial charge on any atom is -0.456 e. The number of aromatic nitrogens is 2. The maximum Gasteiger partial charge on any atom is 0.161 e. The van der Waals surface area contributed by atoms with Crippen LogP contribution in [-0.4, -0.2) is 9.97 Å². The number of benzene rings is 7. The number of hydrogen-bond acceptors (Lipinski definition) is 4. The maximum atomic E-state index is 9.81. The molecule has 0 saturated heterocycles. The van der Waals surface area contributed by atoms with Gasteiger partial charge in [0.1, 0.15) is 11.2 Å². The fraction of sp³-hybridized carbons (Fsp3) is 0.167. The first-order valence-corrected chi connectivity index (χ1v) is 20.6. The van der Waals surface area contributed by atoms with Crippen LogP contribution in [0.1, 0.15) is 48.8 Å². The van der Waals surface area contributed by atoms with Gasteiger partial charge in [-0.2, -0.15) is 5.26 Å². The van der Waals surface area contributed by atoms with E-state index in [2.05, 4.69) is 127 Å². The van der Waals surface area contributed by atoms with E-state index in [1.807, 2.05) is 42.5 Å². The largest absolute Gasteiger partial charge is 0.456 e. The van der Waals surface area contributed by atoms with Crippen LogP contribution in [-0.2, 0) is 10.8 Å². The van der Waals surface area contributed by atoms with Crippen molar-refractivity contribution in [2.75, 3.05) is 0 Å². The van der Waals surface area contributed by atoms with Crippen molar-refractivity contribution in [3.63, 3.8) is 0 Å². The Bertz CT molecular complexity index is 3140. The summed E-state index contributed by atoms with van der Waals surface area (Å²) in [7, 11) is 0. The van der Waals surface area contributed by atoms with Crippen LogP contribution in [0.15, 0.2) is 168 Å². The third-order valence-corrected chi connectivity index (χ3v) is 14.0. The van der Waals surface area contributed by atoms with Gasteiger partial charge in [-0.3, -0.25) is 0 Å². The Balaban J connectivity index is 0.914. The van der Waals surface area contributed by atoms with E-state index in [-0.39, 0.29) is 10.8 Å². The Hall–Kier alpha value is -6.83. The number of hydrogen-bond donors (Lipinski definition) is 0. The summed E-state index contributed by atoms with van der Waals surface area (Å²) in [5.41, 5.74) is 13.1. The minimum atomic E-state index is 0.172. The first-order chi connectivity index (χ1) is 28.6. The van der Waals surface area contributed by atoms with Gasteiger partial charge >= 0.3 is 0 Å². The highest BCUT2D eigenvalue weighted by atomic mass is 16.3. The third kappa shape index (κ3) is 4.99. The van der Waals surface area contributed by atoms with Gasteiger partial charge in [-0.05, 0) is 107 Å². The number of furan rings is 1. The highest BCUT2D eigenvalue weighted by molar-refractivity contribution is 6.11. The lowest BCUT2D eigenvalue weighted by atomic mass is 9.62. The summed E-state index contributed by atoms with van der Waals surface area (Å²) < 4.78 is 6.27. The number of fused-ring (bicyclic) bond motifs is 4. The molecule has 0 aliphatic heterocycles. The summed E-state index contributed by atoms with van der Waals surface area (Å²) in [4.78, 5) is 10.5. The molecule has 4 heteroatoms. The lowest BCUT2D eigenvalue weighted by molar-refractivity contribution is 0.220. The molecule has 4 fully saturated rings. The van der Waals surface area contributed by atoms with Crippen LogP contribution < -0.4 is 0 Å². The van der Waals surface area contributed by atoms with E-state index in [1.165, 1.54) is 54.4 Å². The predicted molar refractivity (Wildman–Crippen MR) is 233 cm³/mol. The Morgan fingerprint density at radius 3 is 2.10 bits per heavy atom. The molecule has 276 valence electrons. The van der Waals surface area contributed by atoms with Crippen molar-refractivity contribution in [3.8, 4) is 51.1 Å². The van der Waals surface area contributed by atoms with Gasteiger partial charge in [0.15, 0.2) is 5.82 Å². The summed E-state index contributed by atoms with van der Waals surface area (Å²) in [6.07, 6.45) is 6.30. The van der Waals surface area contributed by atoms with E-state index in [9.17, 15) is 5.26 Å². The van der Waals surface area contributed by atoms with Gasteiger partial charge in [0, 0.05) is 32.8 Å². The van der Waals surface area contributed by atoms with E-state index in [1.54, 1.807) is 0 Å². The van der Waals surface area contributed by atoms with Crippen molar-refractivity contribution in [2.45, 2.75) is 42.9 Å². The van der Waals surface area contributed by atoms with Crippen molar-refractivity contribution in [2.24, 2.45) is 11.8 Å². The molecule has 4 aliphatic carbocycles. The molecular formula is C54H39N3O. The number of rotatable bonds is 6. The summed E-state index contributed by atoms with van der Waals surface area (Å²) >= 11 is 0. The van der Waals surface area contributed by atoms with E-state index in [4.69, 9.17) is 14.4 Å². The highest BCUT2D eigenvalue weighted by Crippen LogP contribution is 2.71. The quantitative estimate of drug-likeness (QED) is 0.170. The minimum absolute atomic E-state index is 0.172. The molecule has 4 nitrogen and oxygen atoms in total. The van der Waals surface area contributed by atoms with Gasteiger partial charge in [-0.15, -0.1) is 0 Å². The first-order valence-electron chi connectivity index (χ1n) is 20.6. The average Bonchev–Trinajstić information content (AvgIpc) is 3.88. The molecule has 58 heavy (non-hydrogen) atoms. The van der Waals surface area contributed by atoms with Crippen molar-refractivity contribution < 1.29 is 4.42 Å². The lowest BCUT2D eigenvalue weighted by Gasteiger charge is -2.42. The van der Waals surface area contributed by atoms with Crippen LogP contribution in [0, 0.1) is 23.2 Å². The van der Waals surface area contributed by atoms with E-state index < -0.39 is 0 Å². The molecule has 0 radical (unpaired) electrons. The second kappa shape index (κ2) is 12.6. The normalized spacial score (nSPS) is 21.9. The molecule has 0 amide bonds. The van der Waals surface area contributed by atoms with Crippen LogP contribution in [0.4, 0.5) is 0 Å². The van der Waals surface area contributed by atoms with E-state index in [0.717, 1.165) is 72.3 Å². The van der Waals surface area contributed by atoms with Crippen LogP contribution in [0.3, 0.4) is 0 Å². The Kier molecular flexibility index (Phi) is 7.23. The van der Waals surface area contributed by atoms with Crippen LogP contribution in [0.5, 0.6) is 0 Å². The van der Waals surface area contributed by atoms with Gasteiger partial charge in [0.05, 0.1) is 23.0 Å². The smallest absolute Gasteiger partial charge is 0.161 e. The Morgan fingerprint density at radius 2 is 1.24 bits per heavy atom. The van der Waals surface area contributed by atoms with Gasteiger partial charge in [0.25, 0.3) is 0 Å². The summed E-state index contributed by atoms with van der Waals surface area (Å²) in [5.74, 6) is 2.12. The molecule has 4 unspecified atom stereocenters. The molecule has 9 aromatic rings. The molecular weight excluding hydrogens is 707 g/mol. The monoisotopic (exact) mass is 745 g/mol. The topological polar surface area (TPSA) is 62.7 Å². The maximum absolute atomic E-state index is 9.81. The molecule has 4 bridgehead atoms. The molecule has 4 saturated carbocycles. The van der Waals surface area contributed by atoms with Crippen LogP contribution >= 0.6 is 0 Å². The van der Waals surface area contributed by atoms with Gasteiger partial charge in [-0.1, -0.05) is 140 Å². The molecule has 2 heterocycles. The Labute approximate surface area is 337 Å². The van der Waals surface area contributed by atoms with Gasteiger partial charge in [-0.25, -0.2) is 9.97 Å². The van der Waals surface area contributed by atoms with Gasteiger partial charge in [0.2, 0.25) is 0 Å². The summed E-state index contributed by atoms with van der Waals surface area (Å²) in [5, 5.41) is 14.1. The molecule has 0 N–H and O–H groups in total. The van der Waals surface area contributed by atoms with E-state index >= 15 is 0 Å². The van der Waals surface area contributed by atoms with Crippen LogP contribution in [0.25, 0.3) is 77.7 Å². The molecule has 0 spiro atoms. The first kappa shape index (κ1) is 33.3. The van der Waals surface area contributed by atoms with E-state index in [0.29, 0.717) is 11.7 Å². The fourth-order valence-corrected chi connectivity index (χ4v) is 11.8. The molecule has 13 rings (SSSR count). The number of nitriles is 1. The Morgan fingerprint density at radius 1 is 0.552 bits per heavy atom. The van der Waals surface area contributed by atoms with Crippen molar-refractivity contribution in [1.29, 1.82) is 5.26 Å². The van der Waals surface area contributed by atoms with Crippen molar-refractivity contribution in [1.82, 2.24) is 9.97 Å². The lowest BCUT2D eigenvalue weighted by Crippen LogP contribution is -2.35. The zero-order valence-electron chi connectivity index (χ0n) is 32.0. The van der Waals surface area contributed by atoms with Crippen molar-refractivity contribution in [3.05, 3.63) is 180 Å². The molecule has 4 atom stereocenters. The van der Waals surface area contributed by atoms with Crippen molar-refractivity contribution >= 4 is 32.7 Å². The number of para-hydroxylation sites is 1. The third-order valence-electron chi connectivity index (χ3n) is 14.0. The molecule has 7 aromatic carbocycles. The van der Waals surface area contributed by atoms with Gasteiger partial charge < -0.3 is 4.42 Å². The zero-order chi connectivity index (χ0) is 38.4. The summed E-state index contributed by atoms with van der Waals surface area (Å²) in [6, 6.07) is 60.6. The number of nitrogens with zero attached hydrogens (tertiary/aromatic N) is 3. The zero-order valence-corrected chi connectivity index (χ0v) is 32.0. The highest BCUT2D eigenvalue weighted by Gasteiger charge is 2.64. The molecule has 2 aromatic heterocycles. The second-order valence-electron chi connectivity index (χ2n) is 17.1. The standard InChI is InChI=1S/C54H39N3O/c55-32-38-13-7-18-44-42(16-8-17-43(38)44)37-12-6-14-40(27-37)54-30-34-26-41(54)31-53(29-34,33-54)39-24-22-36(23-25-39)48-28-47(35-10-2-1-3-11-35)56-52(57-48)46-19-9-21-50-51(46)45-15-4-5-20-49(45)58-50/h1-25,27-28,34,41H,26,29-31,33H2. The summed E-state index contributed by atoms with van der Waals surface area (Å²) in [6.45, 7) is 0.